The number of quaternary nitrogens is 1. The van der Waals surface area contributed by atoms with E-state index in [4.69, 9.17) is 11.6 Å². The summed E-state index contributed by atoms with van der Waals surface area (Å²) >= 11 is 5.77. The van der Waals surface area contributed by atoms with E-state index in [0.29, 0.717) is 17.8 Å². The molecule has 2 unspecified atom stereocenters. The van der Waals surface area contributed by atoms with Gasteiger partial charge in [0.15, 0.2) is 0 Å². The van der Waals surface area contributed by atoms with Gasteiger partial charge in [-0.1, -0.05) is 17.7 Å². The predicted octanol–water partition coefficient (Wildman–Crippen LogP) is 1.08. The van der Waals surface area contributed by atoms with Crippen LogP contribution in [-0.2, 0) is 6.18 Å². The number of hydrogen-bond donors (Lipinski definition) is 1. The smallest absolute Gasteiger partial charge is 0.417 e. The van der Waals surface area contributed by atoms with Gasteiger partial charge in [0.05, 0.1) is 24.2 Å². The van der Waals surface area contributed by atoms with E-state index in [1.54, 1.807) is 0 Å². The number of hydrogen-bond acceptors (Lipinski definition) is 0. The van der Waals surface area contributed by atoms with Crippen LogP contribution in [0.2, 0.25) is 5.02 Å². The molecule has 1 aromatic carbocycles. The van der Waals surface area contributed by atoms with Gasteiger partial charge in [0, 0.05) is 5.92 Å². The predicted molar refractivity (Wildman–Crippen MR) is 80.8 cm³/mol. The minimum atomic E-state index is -4.38. The molecule has 3 saturated carbocycles. The average Bonchev–Trinajstić information content (AvgIpc) is 2.48. The first-order chi connectivity index (χ1) is 10.4. The Hall–Kier alpha value is -0.450. The summed E-state index contributed by atoms with van der Waals surface area (Å²) in [6.45, 7) is 0.996. The molecule has 23 heavy (non-hydrogen) atoms. The molecule has 3 aliphatic rings. The lowest BCUT2D eigenvalue weighted by atomic mass is 9.57. The molecule has 0 aliphatic heterocycles. The van der Waals surface area contributed by atoms with Crippen LogP contribution in [0.15, 0.2) is 18.2 Å². The van der Waals surface area contributed by atoms with Crippen LogP contribution >= 0.6 is 11.6 Å². The molecule has 130 valence electrons. The third-order valence-corrected chi connectivity index (χ3v) is 5.91. The highest BCUT2D eigenvalue weighted by Crippen LogP contribution is 2.53. The average molecular weight is 368 g/mol. The van der Waals surface area contributed by atoms with Gasteiger partial charge in [-0.25, -0.2) is 0 Å². The van der Waals surface area contributed by atoms with E-state index in [9.17, 15) is 13.2 Å². The van der Waals surface area contributed by atoms with Crippen molar-refractivity contribution in [3.05, 3.63) is 34.3 Å². The fraction of sp³-hybridized carbons (Fsp3) is 0.647. The molecule has 2 bridgehead atoms. The quantitative estimate of drug-likeness (QED) is 0.823. The molecular weight excluding hydrogens is 346 g/mol. The van der Waals surface area contributed by atoms with Gasteiger partial charge in [-0.3, -0.25) is 0 Å². The van der Waals surface area contributed by atoms with Crippen molar-refractivity contribution in [2.45, 2.75) is 37.8 Å². The van der Waals surface area contributed by atoms with E-state index < -0.39 is 11.7 Å². The van der Waals surface area contributed by atoms with Crippen LogP contribution < -0.4 is 17.7 Å². The molecule has 2 atom stereocenters. The second-order valence-electron chi connectivity index (χ2n) is 6.75. The first kappa shape index (κ1) is 18.9. The second-order valence-corrected chi connectivity index (χ2v) is 7.15. The first-order valence-corrected chi connectivity index (χ1v) is 8.44. The number of benzene rings is 1. The molecule has 0 spiro atoms. The Bertz CT molecular complexity index is 539. The van der Waals surface area contributed by atoms with Crippen molar-refractivity contribution < 1.29 is 30.9 Å². The van der Waals surface area contributed by atoms with Gasteiger partial charge in [-0.05, 0) is 61.1 Å². The van der Waals surface area contributed by atoms with Gasteiger partial charge in [-0.15, -0.1) is 0 Å². The molecular formula is C17H22Cl2F3N. The maximum absolute atomic E-state index is 13.1. The summed E-state index contributed by atoms with van der Waals surface area (Å²) in [4.78, 5) is 0. The van der Waals surface area contributed by atoms with Crippen LogP contribution in [0.1, 0.15) is 42.7 Å². The lowest BCUT2D eigenvalue weighted by Gasteiger charge is -2.48. The molecule has 1 nitrogen and oxygen atoms in total. The molecule has 3 fully saturated rings. The first-order valence-electron chi connectivity index (χ1n) is 8.06. The fourth-order valence-electron chi connectivity index (χ4n) is 4.67. The van der Waals surface area contributed by atoms with Crippen molar-refractivity contribution >= 4 is 11.6 Å². The summed E-state index contributed by atoms with van der Waals surface area (Å²) in [5, 5.41) is 1.97. The van der Waals surface area contributed by atoms with Crippen LogP contribution in [0.25, 0.3) is 0 Å². The van der Waals surface area contributed by atoms with Gasteiger partial charge in [0.2, 0.25) is 0 Å². The van der Waals surface area contributed by atoms with E-state index in [-0.39, 0.29) is 23.3 Å². The second kappa shape index (κ2) is 7.20. The topological polar surface area (TPSA) is 16.6 Å². The summed E-state index contributed by atoms with van der Waals surface area (Å²) in [5.74, 6) is 1.93. The summed E-state index contributed by atoms with van der Waals surface area (Å²) in [7, 11) is 2.04. The molecule has 4 rings (SSSR count). The molecule has 0 heterocycles. The Kier molecular flexibility index (Phi) is 5.91. The Morgan fingerprint density at radius 3 is 2.30 bits per heavy atom. The van der Waals surface area contributed by atoms with Crippen molar-refractivity contribution in [3.8, 4) is 0 Å². The highest BCUT2D eigenvalue weighted by Gasteiger charge is 2.45. The number of alkyl halides is 3. The molecule has 2 N–H and O–H groups in total. The van der Waals surface area contributed by atoms with Crippen LogP contribution in [-0.4, -0.2) is 13.6 Å². The standard InChI is InChI=1S/C17H21ClF3N.ClH/c1-22-9-13-10-2-4-11(5-3-10)16(13)12-6-7-15(18)14(8-12)17(19,20)21;/h6-8,10-11,13,16,22H,2-5,9H2,1H3;1H. The molecule has 0 saturated heterocycles. The van der Waals surface area contributed by atoms with E-state index in [1.165, 1.54) is 25.0 Å². The van der Waals surface area contributed by atoms with Crippen LogP contribution in [0, 0.1) is 17.8 Å². The molecule has 0 amide bonds. The summed E-state index contributed by atoms with van der Waals surface area (Å²) < 4.78 is 39.4. The van der Waals surface area contributed by atoms with Gasteiger partial charge in [0.1, 0.15) is 0 Å². The Morgan fingerprint density at radius 1 is 1.13 bits per heavy atom. The molecule has 0 aromatic heterocycles. The molecule has 0 radical (unpaired) electrons. The summed E-state index contributed by atoms with van der Waals surface area (Å²) in [6, 6.07) is 4.54. The number of nitrogens with two attached hydrogens (primary N) is 1. The largest absolute Gasteiger partial charge is 1.00 e. The van der Waals surface area contributed by atoms with Crippen molar-refractivity contribution in [2.75, 3.05) is 13.6 Å². The highest BCUT2D eigenvalue weighted by atomic mass is 35.5. The van der Waals surface area contributed by atoms with Crippen molar-refractivity contribution in [1.82, 2.24) is 0 Å². The Labute approximate surface area is 146 Å². The van der Waals surface area contributed by atoms with Crippen LogP contribution in [0.5, 0.6) is 0 Å². The van der Waals surface area contributed by atoms with Crippen LogP contribution in [0.3, 0.4) is 0 Å². The normalized spacial score (nSPS) is 30.1. The fourth-order valence-corrected chi connectivity index (χ4v) is 4.90. The van der Waals surface area contributed by atoms with E-state index in [2.05, 4.69) is 5.32 Å². The SMILES string of the molecule is C[NH2+]CC1C2CCC(CC2)C1c1ccc(Cl)c(C(F)(F)F)c1.[Cl-]. The van der Waals surface area contributed by atoms with Crippen molar-refractivity contribution in [1.29, 1.82) is 0 Å². The third-order valence-electron chi connectivity index (χ3n) is 5.58. The monoisotopic (exact) mass is 367 g/mol. The summed E-state index contributed by atoms with van der Waals surface area (Å²) in [5.41, 5.74) is 0.144. The van der Waals surface area contributed by atoms with Gasteiger partial charge < -0.3 is 17.7 Å². The minimum Gasteiger partial charge on any atom is -1.00 e. The van der Waals surface area contributed by atoms with E-state index >= 15 is 0 Å². The highest BCUT2D eigenvalue weighted by molar-refractivity contribution is 6.31. The maximum Gasteiger partial charge on any atom is 0.417 e. The number of fused-ring (bicyclic) bond motifs is 3. The van der Waals surface area contributed by atoms with Gasteiger partial charge >= 0.3 is 6.18 Å². The zero-order valence-corrected chi connectivity index (χ0v) is 14.6. The number of halogens is 5. The van der Waals surface area contributed by atoms with E-state index in [0.717, 1.165) is 24.9 Å². The zero-order chi connectivity index (χ0) is 15.9. The van der Waals surface area contributed by atoms with Gasteiger partial charge in [0.25, 0.3) is 0 Å². The Balaban J connectivity index is 0.00000192. The van der Waals surface area contributed by atoms with Crippen molar-refractivity contribution in [3.63, 3.8) is 0 Å². The lowest BCUT2D eigenvalue weighted by molar-refractivity contribution is -0.635. The maximum atomic E-state index is 13.1. The van der Waals surface area contributed by atoms with E-state index in [1.807, 2.05) is 13.1 Å². The minimum absolute atomic E-state index is 0. The summed E-state index contributed by atoms with van der Waals surface area (Å²) in [6.07, 6.45) is 0.394. The molecule has 1 aromatic rings. The van der Waals surface area contributed by atoms with Crippen molar-refractivity contribution in [2.24, 2.45) is 17.8 Å². The third kappa shape index (κ3) is 3.64. The van der Waals surface area contributed by atoms with Gasteiger partial charge in [-0.2, -0.15) is 13.2 Å². The molecule has 3 aliphatic carbocycles. The van der Waals surface area contributed by atoms with Crippen LogP contribution in [0.4, 0.5) is 13.2 Å². The number of rotatable bonds is 3. The lowest BCUT2D eigenvalue weighted by Crippen LogP contribution is -3.00. The molecule has 6 heteroatoms. The zero-order valence-electron chi connectivity index (χ0n) is 13.0. The Morgan fingerprint density at radius 2 is 1.74 bits per heavy atom.